The van der Waals surface area contributed by atoms with Crippen LogP contribution in [-0.2, 0) is 0 Å². The Morgan fingerprint density at radius 2 is 2.50 bits per heavy atom. The second kappa shape index (κ2) is 2.97. The van der Waals surface area contributed by atoms with E-state index in [0.29, 0.717) is 5.37 Å². The average molecular weight is 201 g/mol. The first-order valence-electron chi connectivity index (χ1n) is 3.84. The Hall–Kier alpha value is -0.130. The number of aromatic nitrogens is 2. The molecule has 0 saturated carbocycles. The molecular weight excluding hydrogens is 190 g/mol. The molecule has 0 aromatic carbocycles. The molecule has 66 valence electrons. The van der Waals surface area contributed by atoms with Gasteiger partial charge in [-0.15, -0.1) is 16.9 Å². The molecule has 1 aromatic rings. The Kier molecular flexibility index (Phi) is 2.10. The lowest BCUT2D eigenvalue weighted by Crippen LogP contribution is -2.35. The summed E-state index contributed by atoms with van der Waals surface area (Å²) in [4.78, 5) is 0. The SMILES string of the molecule is CC1(C)CSC(c2csnn2)N1. The molecule has 0 bridgehead atoms. The van der Waals surface area contributed by atoms with Gasteiger partial charge in [0, 0.05) is 16.7 Å². The van der Waals surface area contributed by atoms with Gasteiger partial charge in [0.25, 0.3) is 0 Å². The fourth-order valence-electron chi connectivity index (χ4n) is 1.18. The van der Waals surface area contributed by atoms with Gasteiger partial charge in [-0.1, -0.05) is 4.49 Å². The summed E-state index contributed by atoms with van der Waals surface area (Å²) in [5, 5.41) is 9.90. The number of rotatable bonds is 1. The normalized spacial score (nSPS) is 27.7. The topological polar surface area (TPSA) is 37.8 Å². The fraction of sp³-hybridized carbons (Fsp3) is 0.714. The second-order valence-electron chi connectivity index (χ2n) is 3.55. The number of nitrogens with one attached hydrogen (secondary N) is 1. The van der Waals surface area contributed by atoms with Crippen LogP contribution in [0.1, 0.15) is 24.9 Å². The smallest absolute Gasteiger partial charge is 0.103 e. The highest BCUT2D eigenvalue weighted by molar-refractivity contribution is 7.99. The van der Waals surface area contributed by atoms with Crippen LogP contribution in [0.2, 0.25) is 0 Å². The monoisotopic (exact) mass is 201 g/mol. The maximum Gasteiger partial charge on any atom is 0.103 e. The lowest BCUT2D eigenvalue weighted by Gasteiger charge is -2.17. The lowest BCUT2D eigenvalue weighted by atomic mass is 10.1. The molecule has 3 nitrogen and oxygen atoms in total. The van der Waals surface area contributed by atoms with Crippen molar-refractivity contribution in [3.05, 3.63) is 11.1 Å². The Morgan fingerprint density at radius 1 is 1.67 bits per heavy atom. The van der Waals surface area contributed by atoms with E-state index in [2.05, 4.69) is 28.8 Å². The van der Waals surface area contributed by atoms with Crippen molar-refractivity contribution in [2.75, 3.05) is 5.75 Å². The zero-order valence-corrected chi connectivity index (χ0v) is 8.71. The third kappa shape index (κ3) is 1.62. The van der Waals surface area contributed by atoms with Gasteiger partial charge in [-0.3, -0.25) is 5.32 Å². The highest BCUT2D eigenvalue weighted by Crippen LogP contribution is 2.36. The van der Waals surface area contributed by atoms with Crippen LogP contribution in [0.4, 0.5) is 0 Å². The van der Waals surface area contributed by atoms with Crippen molar-refractivity contribution in [2.24, 2.45) is 0 Å². The minimum Gasteiger partial charge on any atom is -0.294 e. The van der Waals surface area contributed by atoms with Gasteiger partial charge in [0.2, 0.25) is 0 Å². The van der Waals surface area contributed by atoms with E-state index in [0.717, 1.165) is 11.4 Å². The molecule has 1 aromatic heterocycles. The first kappa shape index (κ1) is 8.47. The van der Waals surface area contributed by atoms with Gasteiger partial charge in [-0.25, -0.2) is 0 Å². The number of nitrogens with zero attached hydrogens (tertiary/aromatic N) is 2. The van der Waals surface area contributed by atoms with Gasteiger partial charge in [0.1, 0.15) is 5.69 Å². The molecule has 1 N–H and O–H groups in total. The molecule has 2 heterocycles. The molecule has 0 radical (unpaired) electrons. The number of thioether (sulfide) groups is 1. The average Bonchev–Trinajstić information content (AvgIpc) is 2.55. The molecule has 1 unspecified atom stereocenters. The number of hydrogen-bond donors (Lipinski definition) is 1. The predicted octanol–water partition coefficient (Wildman–Crippen LogP) is 1.65. The van der Waals surface area contributed by atoms with Crippen molar-refractivity contribution in [2.45, 2.75) is 24.8 Å². The maximum atomic E-state index is 4.05. The molecule has 1 aliphatic heterocycles. The van der Waals surface area contributed by atoms with Crippen LogP contribution in [0, 0.1) is 0 Å². The molecule has 12 heavy (non-hydrogen) atoms. The molecule has 1 aliphatic rings. The van der Waals surface area contributed by atoms with Gasteiger partial charge < -0.3 is 0 Å². The molecule has 5 heteroatoms. The quantitative estimate of drug-likeness (QED) is 0.750. The van der Waals surface area contributed by atoms with E-state index in [9.17, 15) is 0 Å². The summed E-state index contributed by atoms with van der Waals surface area (Å²) in [5.74, 6) is 1.13. The summed E-state index contributed by atoms with van der Waals surface area (Å²) >= 11 is 3.31. The van der Waals surface area contributed by atoms with Crippen LogP contribution in [0.3, 0.4) is 0 Å². The molecule has 0 spiro atoms. The van der Waals surface area contributed by atoms with E-state index < -0.39 is 0 Å². The summed E-state index contributed by atoms with van der Waals surface area (Å²) in [7, 11) is 0. The van der Waals surface area contributed by atoms with E-state index in [1.165, 1.54) is 11.5 Å². The Balaban J connectivity index is 2.10. The van der Waals surface area contributed by atoms with Crippen LogP contribution in [0.5, 0.6) is 0 Å². The first-order valence-corrected chi connectivity index (χ1v) is 5.72. The molecule has 2 rings (SSSR count). The van der Waals surface area contributed by atoms with Crippen molar-refractivity contribution >= 4 is 23.3 Å². The van der Waals surface area contributed by atoms with Crippen molar-refractivity contribution in [3.63, 3.8) is 0 Å². The van der Waals surface area contributed by atoms with Crippen LogP contribution < -0.4 is 5.32 Å². The molecule has 0 aliphatic carbocycles. The Labute approximate surface area is 80.1 Å². The van der Waals surface area contributed by atoms with E-state index in [1.807, 2.05) is 17.1 Å². The highest BCUT2D eigenvalue weighted by atomic mass is 32.2. The second-order valence-corrected chi connectivity index (χ2v) is 5.25. The molecule has 1 atom stereocenters. The van der Waals surface area contributed by atoms with Crippen molar-refractivity contribution in [1.29, 1.82) is 0 Å². The Bertz CT molecular complexity index is 258. The van der Waals surface area contributed by atoms with Crippen molar-refractivity contribution in [1.82, 2.24) is 14.9 Å². The first-order chi connectivity index (χ1) is 5.67. The highest BCUT2D eigenvalue weighted by Gasteiger charge is 2.32. The van der Waals surface area contributed by atoms with Gasteiger partial charge in [-0.2, -0.15) is 0 Å². The summed E-state index contributed by atoms with van der Waals surface area (Å²) in [5.41, 5.74) is 1.30. The molecular formula is C7H11N3S2. The summed E-state index contributed by atoms with van der Waals surface area (Å²) in [6.45, 7) is 4.42. The van der Waals surface area contributed by atoms with E-state index in [-0.39, 0.29) is 5.54 Å². The third-order valence-electron chi connectivity index (χ3n) is 1.78. The van der Waals surface area contributed by atoms with Crippen LogP contribution in [0.15, 0.2) is 5.38 Å². The zero-order valence-electron chi connectivity index (χ0n) is 7.07. The van der Waals surface area contributed by atoms with E-state index >= 15 is 0 Å². The predicted molar refractivity (Wildman–Crippen MR) is 52.3 cm³/mol. The van der Waals surface area contributed by atoms with Gasteiger partial charge >= 0.3 is 0 Å². The standard InChI is InChI=1S/C7H11N3S2/c1-7(2)4-11-6(8-7)5-3-12-10-9-5/h3,6,8H,4H2,1-2H3. The lowest BCUT2D eigenvalue weighted by molar-refractivity contribution is 0.448. The van der Waals surface area contributed by atoms with Crippen LogP contribution >= 0.6 is 23.3 Å². The van der Waals surface area contributed by atoms with Gasteiger partial charge in [0.15, 0.2) is 0 Å². The summed E-state index contributed by atoms with van der Waals surface area (Å²) in [6.07, 6.45) is 0. The Morgan fingerprint density at radius 3 is 3.00 bits per heavy atom. The van der Waals surface area contributed by atoms with Gasteiger partial charge in [0.05, 0.1) is 5.37 Å². The fourth-order valence-corrected chi connectivity index (χ4v) is 3.10. The maximum absolute atomic E-state index is 4.05. The third-order valence-corrected chi connectivity index (χ3v) is 3.88. The van der Waals surface area contributed by atoms with Gasteiger partial charge in [-0.05, 0) is 25.4 Å². The van der Waals surface area contributed by atoms with Crippen LogP contribution in [-0.4, -0.2) is 20.9 Å². The van der Waals surface area contributed by atoms with E-state index in [1.54, 1.807) is 0 Å². The minimum absolute atomic E-state index is 0.235. The van der Waals surface area contributed by atoms with Crippen molar-refractivity contribution < 1.29 is 0 Å². The molecule has 0 amide bonds. The van der Waals surface area contributed by atoms with E-state index in [4.69, 9.17) is 0 Å². The molecule has 1 fully saturated rings. The summed E-state index contributed by atoms with van der Waals surface area (Å²) in [6, 6.07) is 0. The van der Waals surface area contributed by atoms with Crippen LogP contribution in [0.25, 0.3) is 0 Å². The minimum atomic E-state index is 0.235. The zero-order chi connectivity index (χ0) is 8.60. The molecule has 1 saturated heterocycles. The summed E-state index contributed by atoms with van der Waals surface area (Å²) < 4.78 is 3.85. The van der Waals surface area contributed by atoms with Crippen molar-refractivity contribution in [3.8, 4) is 0 Å². The number of hydrogen-bond acceptors (Lipinski definition) is 5. The largest absolute Gasteiger partial charge is 0.294 e.